The van der Waals surface area contributed by atoms with Crippen molar-refractivity contribution in [3.63, 3.8) is 0 Å². The molecule has 0 nitrogen and oxygen atoms in total. The molecule has 1 heterocycles. The molecule has 1 atom stereocenters. The summed E-state index contributed by atoms with van der Waals surface area (Å²) in [6, 6.07) is 0. The SMILES string of the molecule is CC.CC.CC(C)C1CCCS1. The van der Waals surface area contributed by atoms with Crippen LogP contribution in [-0.2, 0) is 0 Å². The van der Waals surface area contributed by atoms with E-state index in [0.29, 0.717) is 0 Å². The first-order chi connectivity index (χ1) is 5.80. The number of hydrogen-bond acceptors (Lipinski definition) is 1. The maximum absolute atomic E-state index is 2.32. The monoisotopic (exact) mass is 190 g/mol. The molecule has 0 aromatic carbocycles. The molecule has 0 saturated carbocycles. The van der Waals surface area contributed by atoms with Crippen molar-refractivity contribution in [1.29, 1.82) is 0 Å². The van der Waals surface area contributed by atoms with Crippen LogP contribution in [0.1, 0.15) is 54.4 Å². The Bertz CT molecular complexity index is 63.4. The lowest BCUT2D eigenvalue weighted by Crippen LogP contribution is -2.05. The normalized spacial score (nSPS) is 20.8. The standard InChI is InChI=1S/C7H14S.2C2H6/c1-6(2)7-4-3-5-8-7;2*1-2/h6-7H,3-5H2,1-2H3;2*1-2H3. The molecule has 0 spiro atoms. The van der Waals surface area contributed by atoms with Gasteiger partial charge in [-0.25, -0.2) is 0 Å². The summed E-state index contributed by atoms with van der Waals surface area (Å²) >= 11 is 2.15. The third kappa shape index (κ3) is 7.02. The minimum absolute atomic E-state index is 0.905. The lowest BCUT2D eigenvalue weighted by molar-refractivity contribution is 0.587. The second-order valence-electron chi connectivity index (χ2n) is 2.80. The Kier molecular flexibility index (Phi) is 14.0. The van der Waals surface area contributed by atoms with Gasteiger partial charge in [0, 0.05) is 5.25 Å². The van der Waals surface area contributed by atoms with Crippen LogP contribution in [0.25, 0.3) is 0 Å². The van der Waals surface area contributed by atoms with E-state index in [2.05, 4.69) is 25.6 Å². The third-order valence-corrected chi connectivity index (χ3v) is 3.44. The zero-order valence-corrected chi connectivity index (χ0v) is 10.5. The van der Waals surface area contributed by atoms with Crippen molar-refractivity contribution in [2.24, 2.45) is 5.92 Å². The largest absolute Gasteiger partial charge is 0.158 e. The van der Waals surface area contributed by atoms with Gasteiger partial charge in [-0.1, -0.05) is 41.5 Å². The first-order valence-electron chi connectivity index (χ1n) is 5.42. The zero-order valence-electron chi connectivity index (χ0n) is 9.68. The molecule has 1 fully saturated rings. The summed E-state index contributed by atoms with van der Waals surface area (Å²) < 4.78 is 0. The fraction of sp³-hybridized carbons (Fsp3) is 1.00. The molecule has 1 aliphatic rings. The molecule has 0 bridgehead atoms. The van der Waals surface area contributed by atoms with Gasteiger partial charge in [0.1, 0.15) is 0 Å². The van der Waals surface area contributed by atoms with Crippen LogP contribution in [0.3, 0.4) is 0 Å². The lowest BCUT2D eigenvalue weighted by Gasteiger charge is -2.10. The van der Waals surface area contributed by atoms with Crippen LogP contribution in [-0.4, -0.2) is 11.0 Å². The van der Waals surface area contributed by atoms with Crippen LogP contribution in [0.4, 0.5) is 0 Å². The van der Waals surface area contributed by atoms with Crippen molar-refractivity contribution in [2.75, 3.05) is 5.75 Å². The predicted octanol–water partition coefficient (Wildman–Crippen LogP) is 4.59. The number of thioether (sulfide) groups is 1. The average Bonchev–Trinajstić information content (AvgIpc) is 2.64. The van der Waals surface area contributed by atoms with Crippen molar-refractivity contribution in [2.45, 2.75) is 59.6 Å². The summed E-state index contributed by atoms with van der Waals surface area (Å²) in [7, 11) is 0. The minimum atomic E-state index is 0.905. The predicted molar refractivity (Wildman–Crippen MR) is 63.0 cm³/mol. The van der Waals surface area contributed by atoms with Crippen molar-refractivity contribution >= 4 is 11.8 Å². The first-order valence-corrected chi connectivity index (χ1v) is 6.47. The molecule has 1 heteroatoms. The summed E-state index contributed by atoms with van der Waals surface area (Å²) in [6.45, 7) is 12.6. The van der Waals surface area contributed by atoms with Gasteiger partial charge >= 0.3 is 0 Å². The Hall–Kier alpha value is 0.350. The van der Waals surface area contributed by atoms with E-state index in [1.165, 1.54) is 18.6 Å². The molecule has 1 unspecified atom stereocenters. The molecular formula is C11H26S. The average molecular weight is 190 g/mol. The molecular weight excluding hydrogens is 164 g/mol. The van der Waals surface area contributed by atoms with Gasteiger partial charge in [-0.2, -0.15) is 11.8 Å². The van der Waals surface area contributed by atoms with E-state index < -0.39 is 0 Å². The zero-order chi connectivity index (χ0) is 9.98. The van der Waals surface area contributed by atoms with Gasteiger partial charge < -0.3 is 0 Å². The van der Waals surface area contributed by atoms with E-state index in [9.17, 15) is 0 Å². The maximum Gasteiger partial charge on any atom is 0.00703 e. The number of hydrogen-bond donors (Lipinski definition) is 0. The van der Waals surface area contributed by atoms with Crippen LogP contribution in [0, 0.1) is 5.92 Å². The van der Waals surface area contributed by atoms with Gasteiger partial charge in [-0.3, -0.25) is 0 Å². The van der Waals surface area contributed by atoms with Gasteiger partial charge in [-0.05, 0) is 24.5 Å². The van der Waals surface area contributed by atoms with Gasteiger partial charge in [0.25, 0.3) is 0 Å². The van der Waals surface area contributed by atoms with Gasteiger partial charge in [-0.15, -0.1) is 0 Å². The van der Waals surface area contributed by atoms with Crippen LogP contribution in [0.2, 0.25) is 0 Å². The fourth-order valence-corrected chi connectivity index (χ4v) is 2.48. The molecule has 0 radical (unpaired) electrons. The van der Waals surface area contributed by atoms with Crippen LogP contribution in [0.5, 0.6) is 0 Å². The molecule has 1 rings (SSSR count). The summed E-state index contributed by atoms with van der Waals surface area (Å²) in [5, 5.41) is 0.981. The quantitative estimate of drug-likeness (QED) is 0.583. The second kappa shape index (κ2) is 11.4. The third-order valence-electron chi connectivity index (χ3n) is 1.71. The van der Waals surface area contributed by atoms with Crippen LogP contribution >= 0.6 is 11.8 Å². The first kappa shape index (κ1) is 14.9. The summed E-state index contributed by atoms with van der Waals surface area (Å²) in [4.78, 5) is 0. The highest BCUT2D eigenvalue weighted by Gasteiger charge is 2.17. The van der Waals surface area contributed by atoms with Crippen molar-refractivity contribution < 1.29 is 0 Å². The van der Waals surface area contributed by atoms with Crippen LogP contribution in [0.15, 0.2) is 0 Å². The highest BCUT2D eigenvalue weighted by atomic mass is 32.2. The Morgan fingerprint density at radius 2 is 1.58 bits per heavy atom. The maximum atomic E-state index is 2.32. The van der Waals surface area contributed by atoms with Gasteiger partial charge in [0.2, 0.25) is 0 Å². The fourth-order valence-electron chi connectivity index (χ4n) is 1.13. The van der Waals surface area contributed by atoms with E-state index in [0.717, 1.165) is 11.2 Å². The molecule has 0 N–H and O–H groups in total. The van der Waals surface area contributed by atoms with Crippen molar-refractivity contribution in [1.82, 2.24) is 0 Å². The van der Waals surface area contributed by atoms with E-state index in [1.807, 2.05) is 27.7 Å². The summed E-state index contributed by atoms with van der Waals surface area (Å²) in [5.41, 5.74) is 0. The van der Waals surface area contributed by atoms with Gasteiger partial charge in [0.05, 0.1) is 0 Å². The lowest BCUT2D eigenvalue weighted by atomic mass is 10.1. The topological polar surface area (TPSA) is 0 Å². The molecule has 1 saturated heterocycles. The molecule has 0 aromatic heterocycles. The number of rotatable bonds is 1. The van der Waals surface area contributed by atoms with Crippen molar-refractivity contribution in [3.8, 4) is 0 Å². The van der Waals surface area contributed by atoms with E-state index in [1.54, 1.807) is 0 Å². The molecule has 0 aliphatic carbocycles. The summed E-state index contributed by atoms with van der Waals surface area (Å²) in [5.74, 6) is 2.31. The second-order valence-corrected chi connectivity index (χ2v) is 4.14. The molecule has 76 valence electrons. The highest BCUT2D eigenvalue weighted by molar-refractivity contribution is 8.00. The van der Waals surface area contributed by atoms with Crippen molar-refractivity contribution in [3.05, 3.63) is 0 Å². The Morgan fingerprint density at radius 3 is 1.75 bits per heavy atom. The molecule has 1 aliphatic heterocycles. The van der Waals surface area contributed by atoms with Crippen LogP contribution < -0.4 is 0 Å². The van der Waals surface area contributed by atoms with E-state index >= 15 is 0 Å². The highest BCUT2D eigenvalue weighted by Crippen LogP contribution is 2.31. The molecule has 0 aromatic rings. The Labute approximate surface area is 83.5 Å². The Balaban J connectivity index is 0. The molecule has 0 amide bonds. The smallest absolute Gasteiger partial charge is 0.00703 e. The summed E-state index contributed by atoms with van der Waals surface area (Å²) in [6.07, 6.45) is 2.91. The molecule has 12 heavy (non-hydrogen) atoms. The van der Waals surface area contributed by atoms with E-state index in [-0.39, 0.29) is 0 Å². The van der Waals surface area contributed by atoms with E-state index in [4.69, 9.17) is 0 Å². The van der Waals surface area contributed by atoms with Gasteiger partial charge in [0.15, 0.2) is 0 Å². The minimum Gasteiger partial charge on any atom is -0.158 e. The Morgan fingerprint density at radius 1 is 1.08 bits per heavy atom.